The van der Waals surface area contributed by atoms with Crippen molar-refractivity contribution in [3.63, 3.8) is 0 Å². The zero-order chi connectivity index (χ0) is 22.4. The normalized spacial score (nSPS) is 10.8. The summed E-state index contributed by atoms with van der Waals surface area (Å²) < 4.78 is 0. The molecule has 0 aliphatic carbocycles. The van der Waals surface area contributed by atoms with Gasteiger partial charge in [0.25, 0.3) is 0 Å². The Labute approximate surface area is 181 Å². The largest absolute Gasteiger partial charge is 0.398 e. The Kier molecular flexibility index (Phi) is 8.05. The number of carbonyl (C=O) groups excluding carboxylic acids is 1. The van der Waals surface area contributed by atoms with Gasteiger partial charge in [0.15, 0.2) is 0 Å². The SMILES string of the molecule is C=CCc1c(CCC(=O)CCc2cc(N)c(C)c(C)c2CC=C)cc(N)c(C)c1C. The molecule has 0 atom stereocenters. The molecule has 0 saturated heterocycles. The molecule has 0 amide bonds. The average Bonchev–Trinajstić information content (AvgIpc) is 2.72. The average molecular weight is 405 g/mol. The van der Waals surface area contributed by atoms with Gasteiger partial charge in [0.1, 0.15) is 5.78 Å². The summed E-state index contributed by atoms with van der Waals surface area (Å²) in [5.41, 5.74) is 23.4. The zero-order valence-corrected chi connectivity index (χ0v) is 19.0. The smallest absolute Gasteiger partial charge is 0.133 e. The van der Waals surface area contributed by atoms with Crippen molar-refractivity contribution in [2.75, 3.05) is 11.5 Å². The summed E-state index contributed by atoms with van der Waals surface area (Å²) in [4.78, 5) is 12.7. The summed E-state index contributed by atoms with van der Waals surface area (Å²) in [7, 11) is 0. The quantitative estimate of drug-likeness (QED) is 0.395. The molecule has 0 heterocycles. The lowest BCUT2D eigenvalue weighted by Gasteiger charge is -2.17. The number of anilines is 2. The first-order chi connectivity index (χ1) is 14.2. The highest BCUT2D eigenvalue weighted by atomic mass is 16.1. The molecular weight excluding hydrogens is 368 g/mol. The molecule has 2 rings (SSSR count). The number of benzene rings is 2. The minimum atomic E-state index is 0.262. The Balaban J connectivity index is 2.12. The van der Waals surface area contributed by atoms with E-state index in [-0.39, 0.29) is 5.78 Å². The van der Waals surface area contributed by atoms with Crippen LogP contribution in [0.4, 0.5) is 11.4 Å². The number of rotatable bonds is 10. The zero-order valence-electron chi connectivity index (χ0n) is 19.0. The second-order valence-electron chi connectivity index (χ2n) is 8.23. The van der Waals surface area contributed by atoms with Crippen LogP contribution < -0.4 is 11.5 Å². The van der Waals surface area contributed by atoms with E-state index in [2.05, 4.69) is 27.0 Å². The number of hydrogen-bond donors (Lipinski definition) is 2. The van der Waals surface area contributed by atoms with Crippen LogP contribution in [0, 0.1) is 27.7 Å². The third kappa shape index (κ3) is 5.21. The van der Waals surface area contributed by atoms with Crippen LogP contribution in [0.1, 0.15) is 57.3 Å². The van der Waals surface area contributed by atoms with E-state index in [1.165, 1.54) is 22.3 Å². The molecule has 0 bridgehead atoms. The maximum Gasteiger partial charge on any atom is 0.133 e. The molecule has 0 radical (unpaired) electrons. The molecule has 0 aromatic heterocycles. The Morgan fingerprint density at radius 3 is 1.47 bits per heavy atom. The van der Waals surface area contributed by atoms with E-state index in [0.717, 1.165) is 46.5 Å². The van der Waals surface area contributed by atoms with E-state index >= 15 is 0 Å². The van der Waals surface area contributed by atoms with Gasteiger partial charge in [0.05, 0.1) is 0 Å². The van der Waals surface area contributed by atoms with Crippen LogP contribution in [0.2, 0.25) is 0 Å². The fraction of sp³-hybridized carbons (Fsp3) is 0.370. The molecule has 3 heteroatoms. The summed E-state index contributed by atoms with van der Waals surface area (Å²) in [6, 6.07) is 4.06. The van der Waals surface area contributed by atoms with Gasteiger partial charge in [-0.25, -0.2) is 0 Å². The molecule has 0 aliphatic heterocycles. The fourth-order valence-electron chi connectivity index (χ4n) is 4.11. The van der Waals surface area contributed by atoms with E-state index in [0.29, 0.717) is 25.7 Å². The predicted octanol–water partition coefficient (Wildman–Crippen LogP) is 5.68. The van der Waals surface area contributed by atoms with E-state index in [9.17, 15) is 4.79 Å². The number of aryl methyl sites for hydroxylation is 2. The minimum Gasteiger partial charge on any atom is -0.398 e. The Hall–Kier alpha value is -2.81. The summed E-state index contributed by atoms with van der Waals surface area (Å²) >= 11 is 0. The van der Waals surface area contributed by atoms with Gasteiger partial charge in [0.2, 0.25) is 0 Å². The number of carbonyl (C=O) groups is 1. The first-order valence-corrected chi connectivity index (χ1v) is 10.7. The van der Waals surface area contributed by atoms with E-state index in [1.54, 1.807) is 0 Å². The van der Waals surface area contributed by atoms with E-state index in [4.69, 9.17) is 11.5 Å². The third-order valence-corrected chi connectivity index (χ3v) is 6.37. The molecule has 3 nitrogen and oxygen atoms in total. The highest BCUT2D eigenvalue weighted by Gasteiger charge is 2.14. The number of nitrogens with two attached hydrogens (primary N) is 2. The van der Waals surface area contributed by atoms with E-state index in [1.807, 2.05) is 38.1 Å². The molecule has 0 aliphatic rings. The Bertz CT molecular complexity index is 892. The molecule has 160 valence electrons. The highest BCUT2D eigenvalue weighted by molar-refractivity contribution is 5.79. The standard InChI is InChI=1S/C27H36N2O/c1-7-9-24-17(3)19(5)26(28)15-21(24)11-13-23(30)14-12-22-16-27(29)20(6)18(4)25(22)10-8-2/h7-8,15-16H,1-2,9-14,28-29H2,3-6H3. The maximum atomic E-state index is 12.7. The summed E-state index contributed by atoms with van der Waals surface area (Å²) in [6.07, 6.45) is 7.87. The van der Waals surface area contributed by atoms with Crippen molar-refractivity contribution in [1.82, 2.24) is 0 Å². The van der Waals surface area contributed by atoms with Crippen molar-refractivity contribution in [2.24, 2.45) is 0 Å². The van der Waals surface area contributed by atoms with Gasteiger partial charge in [-0.3, -0.25) is 4.79 Å². The predicted molar refractivity (Wildman–Crippen MR) is 130 cm³/mol. The second-order valence-corrected chi connectivity index (χ2v) is 8.23. The van der Waals surface area contributed by atoms with Gasteiger partial charge in [-0.05, 0) is 110 Å². The molecule has 0 saturated carbocycles. The van der Waals surface area contributed by atoms with Gasteiger partial charge in [0, 0.05) is 24.2 Å². The number of ketones is 1. The van der Waals surface area contributed by atoms with Crippen LogP contribution >= 0.6 is 0 Å². The molecular formula is C27H36N2O. The lowest BCUT2D eigenvalue weighted by atomic mass is 9.89. The maximum absolute atomic E-state index is 12.7. The molecule has 2 aromatic rings. The molecule has 2 aromatic carbocycles. The van der Waals surface area contributed by atoms with Crippen LogP contribution in [-0.4, -0.2) is 5.78 Å². The second kappa shape index (κ2) is 10.3. The molecule has 0 spiro atoms. The van der Waals surface area contributed by atoms with Crippen molar-refractivity contribution >= 4 is 17.2 Å². The monoisotopic (exact) mass is 404 g/mol. The van der Waals surface area contributed by atoms with Crippen LogP contribution in [0.3, 0.4) is 0 Å². The molecule has 4 N–H and O–H groups in total. The van der Waals surface area contributed by atoms with Crippen molar-refractivity contribution in [3.05, 3.63) is 82.0 Å². The van der Waals surface area contributed by atoms with Crippen LogP contribution in [0.15, 0.2) is 37.4 Å². The lowest BCUT2D eigenvalue weighted by Crippen LogP contribution is -2.08. The van der Waals surface area contributed by atoms with Crippen molar-refractivity contribution < 1.29 is 4.79 Å². The number of nitrogen functional groups attached to an aromatic ring is 2. The number of Topliss-reactive ketones (excluding diaryl/α,β-unsaturated/α-hetero) is 1. The summed E-state index contributed by atoms with van der Waals surface area (Å²) in [5, 5.41) is 0. The topological polar surface area (TPSA) is 69.1 Å². The first kappa shape index (κ1) is 23.5. The van der Waals surface area contributed by atoms with Crippen molar-refractivity contribution in [3.8, 4) is 0 Å². The fourth-order valence-corrected chi connectivity index (χ4v) is 4.11. The minimum absolute atomic E-state index is 0.262. The van der Waals surface area contributed by atoms with Crippen LogP contribution in [0.25, 0.3) is 0 Å². The summed E-state index contributed by atoms with van der Waals surface area (Å²) in [6.45, 7) is 16.0. The van der Waals surface area contributed by atoms with Gasteiger partial charge in [-0.1, -0.05) is 12.2 Å². The molecule has 0 fully saturated rings. The van der Waals surface area contributed by atoms with E-state index < -0.39 is 0 Å². The van der Waals surface area contributed by atoms with Crippen molar-refractivity contribution in [2.45, 2.75) is 66.2 Å². The van der Waals surface area contributed by atoms with Crippen LogP contribution in [0.5, 0.6) is 0 Å². The number of hydrogen-bond acceptors (Lipinski definition) is 3. The Morgan fingerprint density at radius 1 is 0.767 bits per heavy atom. The van der Waals surface area contributed by atoms with Crippen LogP contribution in [-0.2, 0) is 30.5 Å². The van der Waals surface area contributed by atoms with Gasteiger partial charge < -0.3 is 11.5 Å². The lowest BCUT2D eigenvalue weighted by molar-refractivity contribution is -0.119. The van der Waals surface area contributed by atoms with Gasteiger partial charge in [-0.2, -0.15) is 0 Å². The highest BCUT2D eigenvalue weighted by Crippen LogP contribution is 2.28. The first-order valence-electron chi connectivity index (χ1n) is 10.7. The van der Waals surface area contributed by atoms with Gasteiger partial charge in [-0.15, -0.1) is 13.2 Å². The summed E-state index contributed by atoms with van der Waals surface area (Å²) in [5.74, 6) is 0.262. The molecule has 30 heavy (non-hydrogen) atoms. The third-order valence-electron chi connectivity index (χ3n) is 6.37. The van der Waals surface area contributed by atoms with Crippen molar-refractivity contribution in [1.29, 1.82) is 0 Å². The Morgan fingerprint density at radius 2 is 1.13 bits per heavy atom. The number of allylic oxidation sites excluding steroid dienone is 2. The van der Waals surface area contributed by atoms with Gasteiger partial charge >= 0.3 is 0 Å². The molecule has 0 unspecified atom stereocenters.